The van der Waals surface area contributed by atoms with Crippen molar-refractivity contribution in [2.75, 3.05) is 18.5 Å². The molecule has 0 aromatic heterocycles. The number of nitrogens with one attached hydrogen (secondary N) is 2. The molecule has 3 nitrogen and oxygen atoms in total. The SMILES string of the molecule is Cc1ccc(OCCNC(=S)Nc2cccc(C)c2)cc1. The minimum Gasteiger partial charge on any atom is -0.492 e. The monoisotopic (exact) mass is 300 g/mol. The summed E-state index contributed by atoms with van der Waals surface area (Å²) in [5.41, 5.74) is 3.42. The quantitative estimate of drug-likeness (QED) is 0.652. The van der Waals surface area contributed by atoms with Gasteiger partial charge in [-0.05, 0) is 55.9 Å². The van der Waals surface area contributed by atoms with E-state index >= 15 is 0 Å². The zero-order chi connectivity index (χ0) is 15.1. The van der Waals surface area contributed by atoms with Crippen molar-refractivity contribution in [1.82, 2.24) is 5.32 Å². The minimum absolute atomic E-state index is 0.568. The fraction of sp³-hybridized carbons (Fsp3) is 0.235. The molecule has 0 spiro atoms. The number of thiocarbonyl (C=S) groups is 1. The van der Waals surface area contributed by atoms with Crippen LogP contribution in [0.1, 0.15) is 11.1 Å². The smallest absolute Gasteiger partial charge is 0.170 e. The maximum Gasteiger partial charge on any atom is 0.170 e. The van der Waals surface area contributed by atoms with Crippen molar-refractivity contribution < 1.29 is 4.74 Å². The van der Waals surface area contributed by atoms with Gasteiger partial charge in [-0.1, -0.05) is 29.8 Å². The van der Waals surface area contributed by atoms with Crippen LogP contribution in [0.25, 0.3) is 0 Å². The van der Waals surface area contributed by atoms with Crippen LogP contribution in [0.15, 0.2) is 48.5 Å². The zero-order valence-electron chi connectivity index (χ0n) is 12.3. The molecule has 2 aromatic carbocycles. The maximum atomic E-state index is 5.63. The number of hydrogen-bond donors (Lipinski definition) is 2. The van der Waals surface area contributed by atoms with Crippen molar-refractivity contribution in [2.45, 2.75) is 13.8 Å². The van der Waals surface area contributed by atoms with Crippen molar-refractivity contribution in [1.29, 1.82) is 0 Å². The Morgan fingerprint density at radius 3 is 2.52 bits per heavy atom. The van der Waals surface area contributed by atoms with E-state index < -0.39 is 0 Å². The fourth-order valence-electron chi connectivity index (χ4n) is 1.87. The van der Waals surface area contributed by atoms with Crippen molar-refractivity contribution in [3.05, 3.63) is 59.7 Å². The molecule has 0 aliphatic carbocycles. The Morgan fingerprint density at radius 1 is 1.05 bits per heavy atom. The van der Waals surface area contributed by atoms with Crippen LogP contribution >= 0.6 is 12.2 Å². The van der Waals surface area contributed by atoms with E-state index in [9.17, 15) is 0 Å². The van der Waals surface area contributed by atoms with Gasteiger partial charge in [-0.15, -0.1) is 0 Å². The topological polar surface area (TPSA) is 33.3 Å². The van der Waals surface area contributed by atoms with Crippen molar-refractivity contribution >= 4 is 23.0 Å². The second-order valence-electron chi connectivity index (χ2n) is 4.91. The average Bonchev–Trinajstić information content (AvgIpc) is 2.45. The fourth-order valence-corrected chi connectivity index (χ4v) is 2.09. The zero-order valence-corrected chi connectivity index (χ0v) is 13.2. The van der Waals surface area contributed by atoms with E-state index in [2.05, 4.69) is 36.6 Å². The van der Waals surface area contributed by atoms with Gasteiger partial charge in [0.15, 0.2) is 5.11 Å². The molecule has 0 atom stereocenters. The molecule has 0 heterocycles. The molecule has 0 saturated carbocycles. The Balaban J connectivity index is 1.68. The number of hydrogen-bond acceptors (Lipinski definition) is 2. The van der Waals surface area contributed by atoms with Gasteiger partial charge in [-0.25, -0.2) is 0 Å². The van der Waals surface area contributed by atoms with E-state index in [0.29, 0.717) is 18.3 Å². The molecule has 0 fully saturated rings. The summed E-state index contributed by atoms with van der Waals surface area (Å²) < 4.78 is 5.63. The number of aryl methyl sites for hydroxylation is 2. The second kappa shape index (κ2) is 7.64. The first-order valence-electron chi connectivity index (χ1n) is 6.94. The van der Waals surface area contributed by atoms with E-state index in [1.165, 1.54) is 11.1 Å². The van der Waals surface area contributed by atoms with Gasteiger partial charge in [0.1, 0.15) is 12.4 Å². The highest BCUT2D eigenvalue weighted by Gasteiger charge is 1.98. The molecule has 0 bridgehead atoms. The van der Waals surface area contributed by atoms with Gasteiger partial charge in [0, 0.05) is 5.69 Å². The highest BCUT2D eigenvalue weighted by Crippen LogP contribution is 2.11. The summed E-state index contributed by atoms with van der Waals surface area (Å²) in [5.74, 6) is 0.875. The van der Waals surface area contributed by atoms with Gasteiger partial charge in [0.05, 0.1) is 6.54 Å². The molecule has 0 radical (unpaired) electrons. The molecule has 0 saturated heterocycles. The average molecular weight is 300 g/mol. The molecule has 110 valence electrons. The van der Waals surface area contributed by atoms with E-state index in [-0.39, 0.29) is 0 Å². The molecule has 2 aromatic rings. The summed E-state index contributed by atoms with van der Waals surface area (Å²) in [4.78, 5) is 0. The highest BCUT2D eigenvalue weighted by atomic mass is 32.1. The first kappa shape index (κ1) is 15.3. The molecule has 0 aliphatic heterocycles. The third kappa shape index (κ3) is 5.44. The van der Waals surface area contributed by atoms with Gasteiger partial charge in [-0.3, -0.25) is 0 Å². The van der Waals surface area contributed by atoms with Crippen LogP contribution in [0, 0.1) is 13.8 Å². The van der Waals surface area contributed by atoms with Crippen LogP contribution in [-0.2, 0) is 0 Å². The number of anilines is 1. The second-order valence-corrected chi connectivity index (χ2v) is 5.32. The summed E-state index contributed by atoms with van der Waals surface area (Å²) in [7, 11) is 0. The lowest BCUT2D eigenvalue weighted by Crippen LogP contribution is -2.31. The Labute approximate surface area is 131 Å². The number of benzene rings is 2. The van der Waals surface area contributed by atoms with E-state index in [1.807, 2.05) is 36.4 Å². The Hall–Kier alpha value is -2.07. The number of rotatable bonds is 5. The summed E-state index contributed by atoms with van der Waals surface area (Å²) in [5, 5.41) is 6.89. The minimum atomic E-state index is 0.568. The van der Waals surface area contributed by atoms with Crippen LogP contribution in [0.2, 0.25) is 0 Å². The Kier molecular flexibility index (Phi) is 5.58. The molecule has 4 heteroatoms. The third-order valence-electron chi connectivity index (χ3n) is 2.95. The highest BCUT2D eigenvalue weighted by molar-refractivity contribution is 7.80. The molecule has 2 rings (SSSR count). The summed E-state index contributed by atoms with van der Waals surface area (Å²) in [6, 6.07) is 16.1. The van der Waals surface area contributed by atoms with Crippen LogP contribution < -0.4 is 15.4 Å². The lowest BCUT2D eigenvalue weighted by molar-refractivity contribution is 0.322. The first-order valence-corrected chi connectivity index (χ1v) is 7.35. The molecular weight excluding hydrogens is 280 g/mol. The van der Waals surface area contributed by atoms with Gasteiger partial charge >= 0.3 is 0 Å². The van der Waals surface area contributed by atoms with E-state index in [0.717, 1.165) is 11.4 Å². The van der Waals surface area contributed by atoms with Crippen LogP contribution in [0.5, 0.6) is 5.75 Å². The molecule has 21 heavy (non-hydrogen) atoms. The van der Waals surface area contributed by atoms with Crippen molar-refractivity contribution in [2.24, 2.45) is 0 Å². The van der Waals surface area contributed by atoms with Gasteiger partial charge in [-0.2, -0.15) is 0 Å². The normalized spacial score (nSPS) is 10.0. The van der Waals surface area contributed by atoms with Gasteiger partial charge < -0.3 is 15.4 Å². The third-order valence-corrected chi connectivity index (χ3v) is 3.20. The standard InChI is InChI=1S/C17H20N2OS/c1-13-6-8-16(9-7-13)20-11-10-18-17(21)19-15-5-3-4-14(2)12-15/h3-9,12H,10-11H2,1-2H3,(H2,18,19,21). The lowest BCUT2D eigenvalue weighted by atomic mass is 10.2. The number of ether oxygens (including phenoxy) is 1. The molecule has 2 N–H and O–H groups in total. The van der Waals surface area contributed by atoms with E-state index in [4.69, 9.17) is 17.0 Å². The van der Waals surface area contributed by atoms with Crippen LogP contribution in [-0.4, -0.2) is 18.3 Å². The van der Waals surface area contributed by atoms with Crippen molar-refractivity contribution in [3.63, 3.8) is 0 Å². The first-order chi connectivity index (χ1) is 10.1. The maximum absolute atomic E-state index is 5.63. The van der Waals surface area contributed by atoms with Crippen LogP contribution in [0.4, 0.5) is 5.69 Å². The van der Waals surface area contributed by atoms with Gasteiger partial charge in [0.2, 0.25) is 0 Å². The van der Waals surface area contributed by atoms with Gasteiger partial charge in [0.25, 0.3) is 0 Å². The lowest BCUT2D eigenvalue weighted by Gasteiger charge is -2.11. The predicted molar refractivity (Wildman–Crippen MR) is 92.1 cm³/mol. The van der Waals surface area contributed by atoms with Crippen LogP contribution in [0.3, 0.4) is 0 Å². The molecular formula is C17H20N2OS. The summed E-state index contributed by atoms with van der Waals surface area (Å²) in [6.45, 7) is 5.34. The summed E-state index contributed by atoms with van der Waals surface area (Å²) >= 11 is 5.25. The van der Waals surface area contributed by atoms with E-state index in [1.54, 1.807) is 0 Å². The largest absolute Gasteiger partial charge is 0.492 e. The molecule has 0 amide bonds. The Bertz CT molecular complexity index is 596. The Morgan fingerprint density at radius 2 is 1.81 bits per heavy atom. The molecule has 0 aliphatic rings. The van der Waals surface area contributed by atoms with Crippen molar-refractivity contribution in [3.8, 4) is 5.75 Å². The summed E-state index contributed by atoms with van der Waals surface area (Å²) in [6.07, 6.45) is 0. The predicted octanol–water partition coefficient (Wildman–Crippen LogP) is 3.67. The molecule has 0 unspecified atom stereocenters.